The van der Waals surface area contributed by atoms with Gasteiger partial charge in [0.25, 0.3) is 0 Å². The molecule has 0 aliphatic heterocycles. The normalized spacial score (nSPS) is 13.0. The van der Waals surface area contributed by atoms with Crippen molar-refractivity contribution in [2.24, 2.45) is 5.92 Å². The molecule has 124 valence electrons. The number of hydrogen-bond acceptors (Lipinski definition) is 4. The van der Waals surface area contributed by atoms with E-state index in [9.17, 15) is 13.2 Å². The molecule has 0 radical (unpaired) electrons. The van der Waals surface area contributed by atoms with Crippen LogP contribution in [0.25, 0.3) is 0 Å². The quantitative estimate of drug-likeness (QED) is 0.842. The van der Waals surface area contributed by atoms with Crippen molar-refractivity contribution in [3.8, 4) is 0 Å². The highest BCUT2D eigenvalue weighted by atomic mass is 19.4. The summed E-state index contributed by atoms with van der Waals surface area (Å²) < 4.78 is 37.3. The third-order valence-electron chi connectivity index (χ3n) is 3.39. The molecular weight excluding hydrogens is 305 g/mol. The molecule has 1 unspecified atom stereocenters. The topological polar surface area (TPSA) is 49.8 Å². The molecule has 2 N–H and O–H groups in total. The van der Waals surface area contributed by atoms with Crippen molar-refractivity contribution in [1.82, 2.24) is 10.2 Å². The lowest BCUT2D eigenvalue weighted by Gasteiger charge is -2.24. The highest BCUT2D eigenvalue weighted by Crippen LogP contribution is 2.27. The van der Waals surface area contributed by atoms with Gasteiger partial charge in [-0.25, -0.2) is 0 Å². The summed E-state index contributed by atoms with van der Waals surface area (Å²) in [6.45, 7) is 4.66. The minimum atomic E-state index is -4.47. The second-order valence-corrected chi connectivity index (χ2v) is 5.54. The Morgan fingerprint density at radius 1 is 1.00 bits per heavy atom. The zero-order valence-electron chi connectivity index (χ0n) is 12.9. The lowest BCUT2D eigenvalue weighted by molar-refractivity contribution is -0.141. The molecule has 0 saturated heterocycles. The number of para-hydroxylation sites is 1. The van der Waals surface area contributed by atoms with Gasteiger partial charge in [-0.05, 0) is 30.2 Å². The van der Waals surface area contributed by atoms with Crippen molar-refractivity contribution < 1.29 is 13.2 Å². The molecular formula is C16H19F3N4. The molecule has 1 atom stereocenters. The maximum absolute atomic E-state index is 12.4. The van der Waals surface area contributed by atoms with Gasteiger partial charge in [-0.3, -0.25) is 0 Å². The Morgan fingerprint density at radius 3 is 2.22 bits per heavy atom. The Hall–Kier alpha value is -2.31. The van der Waals surface area contributed by atoms with Crippen LogP contribution in [-0.4, -0.2) is 22.8 Å². The molecule has 0 amide bonds. The van der Waals surface area contributed by atoms with Crippen LogP contribution in [-0.2, 0) is 6.18 Å². The standard InChI is InChI=1S/C16H19F3N4/c1-11(2)13(21-12-6-4-3-5-7-12)10-20-15-9-8-14(22-23-15)16(17,18)19/h3-9,11,13,21H,10H2,1-2H3,(H,20,23). The summed E-state index contributed by atoms with van der Waals surface area (Å²) >= 11 is 0. The number of nitrogens with zero attached hydrogens (tertiary/aromatic N) is 2. The first kappa shape index (κ1) is 17.1. The van der Waals surface area contributed by atoms with E-state index in [0.717, 1.165) is 11.8 Å². The van der Waals surface area contributed by atoms with Crippen LogP contribution in [0.2, 0.25) is 0 Å². The van der Waals surface area contributed by atoms with Gasteiger partial charge in [-0.15, -0.1) is 10.2 Å². The van der Waals surface area contributed by atoms with Crippen LogP contribution in [0, 0.1) is 5.92 Å². The zero-order valence-corrected chi connectivity index (χ0v) is 12.9. The van der Waals surface area contributed by atoms with Gasteiger partial charge in [0.05, 0.1) is 0 Å². The third-order valence-corrected chi connectivity index (χ3v) is 3.39. The first-order chi connectivity index (χ1) is 10.9. The summed E-state index contributed by atoms with van der Waals surface area (Å²) in [4.78, 5) is 0. The van der Waals surface area contributed by atoms with Gasteiger partial charge in [-0.1, -0.05) is 32.0 Å². The van der Waals surface area contributed by atoms with Crippen molar-refractivity contribution in [2.75, 3.05) is 17.2 Å². The Labute approximate surface area is 133 Å². The minimum Gasteiger partial charge on any atom is -0.380 e. The molecule has 2 aromatic rings. The van der Waals surface area contributed by atoms with Gasteiger partial charge < -0.3 is 10.6 Å². The molecule has 0 aliphatic carbocycles. The predicted octanol–water partition coefficient (Wildman–Crippen LogP) is 4.04. The number of hydrogen-bond donors (Lipinski definition) is 2. The number of benzene rings is 1. The van der Waals surface area contributed by atoms with Crippen LogP contribution in [0.15, 0.2) is 42.5 Å². The van der Waals surface area contributed by atoms with E-state index >= 15 is 0 Å². The average Bonchev–Trinajstić information content (AvgIpc) is 2.51. The van der Waals surface area contributed by atoms with Crippen LogP contribution < -0.4 is 10.6 Å². The Kier molecular flexibility index (Phi) is 5.41. The van der Waals surface area contributed by atoms with Crippen LogP contribution in [0.3, 0.4) is 0 Å². The molecule has 1 heterocycles. The maximum atomic E-state index is 12.4. The summed E-state index contributed by atoms with van der Waals surface area (Å²) in [5.74, 6) is 0.642. The second kappa shape index (κ2) is 7.30. The highest BCUT2D eigenvalue weighted by Gasteiger charge is 2.32. The lowest BCUT2D eigenvalue weighted by Crippen LogP contribution is -2.33. The molecule has 0 saturated carbocycles. The highest BCUT2D eigenvalue weighted by molar-refractivity contribution is 5.44. The summed E-state index contributed by atoms with van der Waals surface area (Å²) in [7, 11) is 0. The largest absolute Gasteiger partial charge is 0.435 e. The number of rotatable bonds is 6. The van der Waals surface area contributed by atoms with Crippen LogP contribution in [0.5, 0.6) is 0 Å². The van der Waals surface area contributed by atoms with Crippen molar-refractivity contribution in [3.05, 3.63) is 48.2 Å². The monoisotopic (exact) mass is 324 g/mol. The van der Waals surface area contributed by atoms with E-state index in [-0.39, 0.29) is 6.04 Å². The van der Waals surface area contributed by atoms with Gasteiger partial charge in [-0.2, -0.15) is 13.2 Å². The Balaban J connectivity index is 1.96. The fourth-order valence-electron chi connectivity index (χ4n) is 1.99. The van der Waals surface area contributed by atoms with Gasteiger partial charge in [0.1, 0.15) is 5.82 Å². The predicted molar refractivity (Wildman–Crippen MR) is 84.2 cm³/mol. The van der Waals surface area contributed by atoms with Crippen LogP contribution in [0.4, 0.5) is 24.7 Å². The molecule has 1 aromatic heterocycles. The smallest absolute Gasteiger partial charge is 0.380 e. The van der Waals surface area contributed by atoms with E-state index in [4.69, 9.17) is 0 Å². The number of alkyl halides is 3. The molecule has 23 heavy (non-hydrogen) atoms. The Bertz CT molecular complexity index is 597. The maximum Gasteiger partial charge on any atom is 0.435 e. The van der Waals surface area contributed by atoms with Crippen molar-refractivity contribution in [1.29, 1.82) is 0 Å². The number of aromatic nitrogens is 2. The summed E-state index contributed by atoms with van der Waals surface area (Å²) in [5.41, 5.74) is -0.00243. The number of anilines is 2. The summed E-state index contributed by atoms with van der Waals surface area (Å²) in [6.07, 6.45) is -4.47. The fourth-order valence-corrected chi connectivity index (χ4v) is 1.99. The lowest BCUT2D eigenvalue weighted by atomic mass is 10.0. The second-order valence-electron chi connectivity index (χ2n) is 5.54. The van der Waals surface area contributed by atoms with Crippen molar-refractivity contribution in [3.63, 3.8) is 0 Å². The molecule has 0 aliphatic rings. The van der Waals surface area contributed by atoms with Gasteiger partial charge in [0, 0.05) is 18.3 Å². The van der Waals surface area contributed by atoms with E-state index in [1.165, 1.54) is 6.07 Å². The molecule has 4 nitrogen and oxygen atoms in total. The third kappa shape index (κ3) is 5.12. The van der Waals surface area contributed by atoms with E-state index in [2.05, 4.69) is 34.7 Å². The molecule has 1 aromatic carbocycles. The molecule has 0 fully saturated rings. The molecule has 7 heteroatoms. The van der Waals surface area contributed by atoms with Gasteiger partial charge in [0.15, 0.2) is 5.69 Å². The summed E-state index contributed by atoms with van der Waals surface area (Å²) in [5, 5.41) is 13.2. The first-order valence-electron chi connectivity index (χ1n) is 7.32. The average molecular weight is 324 g/mol. The molecule has 0 spiro atoms. The number of nitrogens with one attached hydrogen (secondary N) is 2. The SMILES string of the molecule is CC(C)C(CNc1ccc(C(F)(F)F)nn1)Nc1ccccc1. The number of halogens is 3. The van der Waals surface area contributed by atoms with Gasteiger partial charge in [0.2, 0.25) is 0 Å². The Morgan fingerprint density at radius 2 is 1.70 bits per heavy atom. The van der Waals surface area contributed by atoms with E-state index < -0.39 is 11.9 Å². The first-order valence-corrected chi connectivity index (χ1v) is 7.32. The van der Waals surface area contributed by atoms with E-state index in [1.54, 1.807) is 0 Å². The molecule has 0 bridgehead atoms. The van der Waals surface area contributed by atoms with Crippen LogP contribution in [0.1, 0.15) is 19.5 Å². The fraction of sp³-hybridized carbons (Fsp3) is 0.375. The van der Waals surface area contributed by atoms with Crippen molar-refractivity contribution in [2.45, 2.75) is 26.1 Å². The van der Waals surface area contributed by atoms with Crippen molar-refractivity contribution >= 4 is 11.5 Å². The van der Waals surface area contributed by atoms with Gasteiger partial charge >= 0.3 is 6.18 Å². The summed E-state index contributed by atoms with van der Waals surface area (Å²) in [6, 6.07) is 12.1. The zero-order chi connectivity index (χ0) is 16.9. The minimum absolute atomic E-state index is 0.0986. The van der Waals surface area contributed by atoms with Crippen LogP contribution >= 0.6 is 0 Å². The molecule has 2 rings (SSSR count). The van der Waals surface area contributed by atoms with E-state index in [1.807, 2.05) is 30.3 Å². The van der Waals surface area contributed by atoms with E-state index in [0.29, 0.717) is 18.3 Å².